The molecule has 2 aliphatic heterocycles. The summed E-state index contributed by atoms with van der Waals surface area (Å²) in [5.41, 5.74) is 1.12. The number of ether oxygens (including phenoxy) is 2. The van der Waals surface area contributed by atoms with Crippen LogP contribution in [0.25, 0.3) is 0 Å². The van der Waals surface area contributed by atoms with Gasteiger partial charge in [0.05, 0.1) is 0 Å². The number of cyclic esters (lactones) is 2. The van der Waals surface area contributed by atoms with Crippen LogP contribution in [-0.2, 0) is 28.7 Å². The molecule has 0 bridgehead atoms. The second-order valence-electron chi connectivity index (χ2n) is 6.54. The first-order valence-corrected chi connectivity index (χ1v) is 10.9. The van der Waals surface area contributed by atoms with Gasteiger partial charge in [-0.2, -0.15) is 0 Å². The van der Waals surface area contributed by atoms with E-state index in [0.29, 0.717) is 24.2 Å². The van der Waals surface area contributed by atoms with Crippen LogP contribution in [0.15, 0.2) is 80.8 Å². The number of benzene rings is 2. The van der Waals surface area contributed by atoms with Crippen LogP contribution in [0.1, 0.15) is 0 Å². The molecule has 0 saturated carbocycles. The Bertz CT molecular complexity index is 1060. The van der Waals surface area contributed by atoms with Crippen LogP contribution in [0.2, 0.25) is 0 Å². The van der Waals surface area contributed by atoms with Gasteiger partial charge in [-0.25, -0.2) is 9.59 Å². The fourth-order valence-electron chi connectivity index (χ4n) is 2.88. The molecule has 0 spiro atoms. The Hall–Kier alpha value is -3.04. The summed E-state index contributed by atoms with van der Waals surface area (Å²) >= 11 is 23.0. The summed E-state index contributed by atoms with van der Waals surface area (Å²) in [7, 11) is 0. The highest BCUT2D eigenvalue weighted by Gasteiger charge is 2.37. The van der Waals surface area contributed by atoms with Crippen molar-refractivity contribution in [3.05, 3.63) is 80.8 Å². The Balaban J connectivity index is 0.000000191. The van der Waals surface area contributed by atoms with Gasteiger partial charge in [-0.15, -0.1) is 0 Å². The summed E-state index contributed by atoms with van der Waals surface area (Å²) in [4.78, 5) is 46.9. The molecule has 4 rings (SSSR count). The summed E-state index contributed by atoms with van der Waals surface area (Å²) < 4.78 is 9.82. The zero-order chi connectivity index (χ0) is 24.8. The molecule has 2 aromatic carbocycles. The van der Waals surface area contributed by atoms with Crippen molar-refractivity contribution in [2.45, 2.75) is 12.5 Å². The lowest BCUT2D eigenvalue weighted by Gasteiger charge is -2.23. The summed E-state index contributed by atoms with van der Waals surface area (Å²) in [6.45, 7) is 0. The molecular weight excluding hydrogens is 530 g/mol. The molecule has 0 aliphatic carbocycles. The van der Waals surface area contributed by atoms with E-state index in [1.165, 1.54) is 9.80 Å². The van der Waals surface area contributed by atoms with E-state index in [9.17, 15) is 19.2 Å². The van der Waals surface area contributed by atoms with Gasteiger partial charge in [-0.05, 0) is 24.3 Å². The minimum Gasteiger partial charge on any atom is -0.431 e. The predicted molar refractivity (Wildman–Crippen MR) is 127 cm³/mol. The van der Waals surface area contributed by atoms with E-state index in [2.05, 4.69) is 0 Å². The number of carbonyl (C=O) groups is 4. The van der Waals surface area contributed by atoms with Crippen molar-refractivity contribution in [3.8, 4) is 0 Å². The number of carbonyl (C=O) groups excluding carboxylic acids is 4. The van der Waals surface area contributed by atoms with Gasteiger partial charge >= 0.3 is 11.9 Å². The molecule has 8 nitrogen and oxygen atoms in total. The third-order valence-corrected chi connectivity index (χ3v) is 6.15. The van der Waals surface area contributed by atoms with Crippen LogP contribution in [0.3, 0.4) is 0 Å². The van der Waals surface area contributed by atoms with Crippen molar-refractivity contribution in [2.24, 2.45) is 0 Å². The van der Waals surface area contributed by atoms with E-state index in [1.807, 2.05) is 0 Å². The summed E-state index contributed by atoms with van der Waals surface area (Å²) in [6, 6.07) is 17.4. The molecule has 2 amide bonds. The standard InChI is InChI=1S/2C11H7Cl2NO3/c2*12-8-9(13)11(16)17-10(8)14(6-15)7-4-2-1-3-5-7/h2*1-6,10H. The minimum atomic E-state index is -0.989. The molecule has 0 aromatic heterocycles. The lowest BCUT2D eigenvalue weighted by atomic mass is 10.3. The molecule has 0 radical (unpaired) electrons. The highest BCUT2D eigenvalue weighted by Crippen LogP contribution is 2.33. The van der Waals surface area contributed by atoms with Crippen LogP contribution in [0, 0.1) is 0 Å². The molecule has 2 heterocycles. The molecule has 2 aromatic rings. The van der Waals surface area contributed by atoms with E-state index in [1.54, 1.807) is 60.7 Å². The first kappa shape index (κ1) is 25.6. The zero-order valence-corrected chi connectivity index (χ0v) is 20.0. The summed E-state index contributed by atoms with van der Waals surface area (Å²) in [5, 5.41) is -0.376. The summed E-state index contributed by atoms with van der Waals surface area (Å²) in [5.74, 6) is -1.46. The van der Waals surface area contributed by atoms with Crippen molar-refractivity contribution in [1.29, 1.82) is 0 Å². The van der Waals surface area contributed by atoms with Crippen LogP contribution in [0.5, 0.6) is 0 Å². The van der Waals surface area contributed by atoms with Crippen LogP contribution < -0.4 is 9.80 Å². The molecule has 34 heavy (non-hydrogen) atoms. The Labute approximate surface area is 213 Å². The summed E-state index contributed by atoms with van der Waals surface area (Å²) in [6.07, 6.45) is -0.913. The van der Waals surface area contributed by atoms with Gasteiger partial charge in [0.2, 0.25) is 25.3 Å². The van der Waals surface area contributed by atoms with Crippen molar-refractivity contribution in [2.75, 3.05) is 9.80 Å². The molecule has 0 fully saturated rings. The smallest absolute Gasteiger partial charge is 0.353 e. The fourth-order valence-corrected chi connectivity index (χ4v) is 3.61. The number of esters is 2. The predicted octanol–water partition coefficient (Wildman–Crippen LogP) is 4.44. The molecule has 0 N–H and O–H groups in total. The van der Waals surface area contributed by atoms with E-state index >= 15 is 0 Å². The molecule has 2 unspecified atom stereocenters. The SMILES string of the molecule is O=CN(c1ccccc1)C1OC(=O)C(Cl)=C1Cl.O=CN(c1ccccc1)C1OC(=O)C(Cl)=C1Cl. The average Bonchev–Trinajstić information content (AvgIpc) is 3.26. The van der Waals surface area contributed by atoms with E-state index in [0.717, 1.165) is 0 Å². The second-order valence-corrected chi connectivity index (χ2v) is 8.11. The lowest BCUT2D eigenvalue weighted by molar-refractivity contribution is -0.140. The van der Waals surface area contributed by atoms with Crippen LogP contribution >= 0.6 is 46.4 Å². The number of nitrogens with zero attached hydrogens (tertiary/aromatic N) is 2. The topological polar surface area (TPSA) is 93.2 Å². The number of hydrogen-bond donors (Lipinski definition) is 0. The molecule has 2 atom stereocenters. The van der Waals surface area contributed by atoms with Gasteiger partial charge in [0.1, 0.15) is 20.1 Å². The number of para-hydroxylation sites is 2. The average molecular weight is 544 g/mol. The Morgan fingerprint density at radius 1 is 0.618 bits per heavy atom. The van der Waals surface area contributed by atoms with Crippen LogP contribution in [-0.4, -0.2) is 37.2 Å². The molecule has 2 aliphatic rings. The number of amides is 2. The Morgan fingerprint density at radius 3 is 1.18 bits per heavy atom. The third-order valence-electron chi connectivity index (χ3n) is 4.49. The molecule has 12 heteroatoms. The third kappa shape index (κ3) is 5.37. The molecule has 176 valence electrons. The van der Waals surface area contributed by atoms with Crippen LogP contribution in [0.4, 0.5) is 11.4 Å². The van der Waals surface area contributed by atoms with Gasteiger partial charge in [0.25, 0.3) is 0 Å². The van der Waals surface area contributed by atoms with Gasteiger partial charge in [-0.3, -0.25) is 19.4 Å². The maximum atomic E-state index is 11.2. The monoisotopic (exact) mass is 542 g/mol. The zero-order valence-electron chi connectivity index (χ0n) is 16.9. The molecular formula is C22H14Cl4N2O6. The molecule has 0 saturated heterocycles. The quantitative estimate of drug-likeness (QED) is 0.395. The van der Waals surface area contributed by atoms with E-state index in [-0.39, 0.29) is 20.1 Å². The largest absolute Gasteiger partial charge is 0.431 e. The van der Waals surface area contributed by atoms with Gasteiger partial charge in [0.15, 0.2) is 0 Å². The number of anilines is 2. The second kappa shape index (κ2) is 11.4. The maximum absolute atomic E-state index is 11.2. The van der Waals surface area contributed by atoms with Crippen molar-refractivity contribution < 1.29 is 28.7 Å². The first-order valence-electron chi connectivity index (χ1n) is 9.39. The Morgan fingerprint density at radius 2 is 0.941 bits per heavy atom. The number of rotatable bonds is 6. The highest BCUT2D eigenvalue weighted by atomic mass is 35.5. The Kier molecular flexibility index (Phi) is 8.57. The highest BCUT2D eigenvalue weighted by molar-refractivity contribution is 6.49. The lowest BCUT2D eigenvalue weighted by Crippen LogP contribution is -2.35. The maximum Gasteiger partial charge on any atom is 0.353 e. The van der Waals surface area contributed by atoms with E-state index in [4.69, 9.17) is 55.9 Å². The first-order chi connectivity index (χ1) is 16.3. The van der Waals surface area contributed by atoms with Crippen molar-refractivity contribution >= 4 is 82.5 Å². The van der Waals surface area contributed by atoms with Crippen molar-refractivity contribution in [1.82, 2.24) is 0 Å². The number of hydrogen-bond acceptors (Lipinski definition) is 6. The van der Waals surface area contributed by atoms with E-state index < -0.39 is 24.4 Å². The number of halogens is 4. The van der Waals surface area contributed by atoms with Crippen molar-refractivity contribution in [3.63, 3.8) is 0 Å². The van der Waals surface area contributed by atoms with Gasteiger partial charge in [0, 0.05) is 11.4 Å². The van der Waals surface area contributed by atoms with Gasteiger partial charge < -0.3 is 9.47 Å². The van der Waals surface area contributed by atoms with Gasteiger partial charge in [-0.1, -0.05) is 82.8 Å². The fraction of sp³-hybridized carbons (Fsp3) is 0.0909. The normalized spacial score (nSPS) is 19.2. The minimum absolute atomic E-state index is 0.00706.